The Labute approximate surface area is 131 Å². The Kier molecular flexibility index (Phi) is 5.36. The van der Waals surface area contributed by atoms with Crippen LogP contribution >= 0.6 is 0 Å². The molecule has 4 nitrogen and oxygen atoms in total. The van der Waals surface area contributed by atoms with Crippen LogP contribution < -0.4 is 4.74 Å². The number of carbonyl (C=O) groups excluding carboxylic acids is 1. The van der Waals surface area contributed by atoms with Gasteiger partial charge < -0.3 is 9.72 Å². The molecule has 0 saturated heterocycles. The predicted octanol–water partition coefficient (Wildman–Crippen LogP) is 3.58. The summed E-state index contributed by atoms with van der Waals surface area (Å²) in [5.74, 6) is 1.09. The first-order valence-corrected chi connectivity index (χ1v) is 7.67. The lowest BCUT2D eigenvalue weighted by Gasteiger charge is -2.16. The zero-order valence-electron chi connectivity index (χ0n) is 13.6. The van der Waals surface area contributed by atoms with Crippen molar-refractivity contribution in [2.75, 3.05) is 6.61 Å². The average molecular weight is 300 g/mol. The molecule has 0 aliphatic heterocycles. The highest BCUT2D eigenvalue weighted by Crippen LogP contribution is 2.19. The molecule has 1 heterocycles. The molecule has 22 heavy (non-hydrogen) atoms. The van der Waals surface area contributed by atoms with Gasteiger partial charge in [-0.05, 0) is 30.5 Å². The number of nitrogens with zero attached hydrogens (tertiary/aromatic N) is 1. The van der Waals surface area contributed by atoms with Crippen molar-refractivity contribution in [3.8, 4) is 5.75 Å². The van der Waals surface area contributed by atoms with Crippen LogP contribution in [0.15, 0.2) is 36.8 Å². The largest absolute Gasteiger partial charge is 0.494 e. The smallest absolute Gasteiger partial charge is 0.142 e. The molecule has 0 radical (unpaired) electrons. The summed E-state index contributed by atoms with van der Waals surface area (Å²) >= 11 is 0. The van der Waals surface area contributed by atoms with Crippen molar-refractivity contribution in [1.29, 1.82) is 0 Å². The van der Waals surface area contributed by atoms with Gasteiger partial charge in [-0.3, -0.25) is 4.79 Å². The summed E-state index contributed by atoms with van der Waals surface area (Å²) in [6, 6.07) is 7.80. The van der Waals surface area contributed by atoms with Crippen LogP contribution in [0.3, 0.4) is 0 Å². The van der Waals surface area contributed by atoms with Crippen molar-refractivity contribution in [3.63, 3.8) is 0 Å². The number of hydrogen-bond acceptors (Lipinski definition) is 3. The SMILES string of the molecule is CC(C)(C)C(=O)Cc1ccc(OCCCc2cnc[nH]2)cc1. The number of nitrogens with one attached hydrogen (secondary N) is 1. The van der Waals surface area contributed by atoms with Gasteiger partial charge in [-0.1, -0.05) is 32.9 Å². The number of Topliss-reactive ketones (excluding diaryl/α,β-unsaturated/α-hetero) is 1. The number of carbonyl (C=O) groups is 1. The molecule has 1 aromatic carbocycles. The Morgan fingerprint density at radius 2 is 1.95 bits per heavy atom. The second-order valence-electron chi connectivity index (χ2n) is 6.52. The van der Waals surface area contributed by atoms with Crippen molar-refractivity contribution in [1.82, 2.24) is 9.97 Å². The normalized spacial score (nSPS) is 11.4. The number of rotatable bonds is 7. The van der Waals surface area contributed by atoms with Gasteiger partial charge in [0.05, 0.1) is 12.9 Å². The highest BCUT2D eigenvalue weighted by atomic mass is 16.5. The molecule has 2 rings (SSSR count). The number of aryl methyl sites for hydroxylation is 1. The van der Waals surface area contributed by atoms with E-state index in [-0.39, 0.29) is 11.2 Å². The van der Waals surface area contributed by atoms with Crippen LogP contribution in [0.1, 0.15) is 38.4 Å². The molecule has 0 bridgehead atoms. The fourth-order valence-corrected chi connectivity index (χ4v) is 2.03. The molecule has 0 atom stereocenters. The second kappa shape index (κ2) is 7.25. The first-order valence-electron chi connectivity index (χ1n) is 7.67. The van der Waals surface area contributed by atoms with Gasteiger partial charge in [-0.2, -0.15) is 0 Å². The summed E-state index contributed by atoms with van der Waals surface area (Å²) in [7, 11) is 0. The van der Waals surface area contributed by atoms with Gasteiger partial charge in [0, 0.05) is 23.7 Å². The molecule has 0 saturated carbocycles. The van der Waals surface area contributed by atoms with Gasteiger partial charge in [-0.15, -0.1) is 0 Å². The van der Waals surface area contributed by atoms with Crippen molar-refractivity contribution in [2.24, 2.45) is 5.41 Å². The Balaban J connectivity index is 1.75. The summed E-state index contributed by atoms with van der Waals surface area (Å²) in [6.07, 6.45) is 5.86. The van der Waals surface area contributed by atoms with Gasteiger partial charge in [0.25, 0.3) is 0 Å². The van der Waals surface area contributed by atoms with Crippen LogP contribution in [0.25, 0.3) is 0 Å². The second-order valence-corrected chi connectivity index (χ2v) is 6.52. The topological polar surface area (TPSA) is 55.0 Å². The third-order valence-corrected chi connectivity index (χ3v) is 3.54. The number of imidazole rings is 1. The Morgan fingerprint density at radius 3 is 2.55 bits per heavy atom. The fourth-order valence-electron chi connectivity index (χ4n) is 2.03. The monoisotopic (exact) mass is 300 g/mol. The number of aromatic amines is 1. The summed E-state index contributed by atoms with van der Waals surface area (Å²) in [5, 5.41) is 0. The fraction of sp³-hybridized carbons (Fsp3) is 0.444. The molecule has 0 spiro atoms. The van der Waals surface area contributed by atoms with Gasteiger partial charge in [0.1, 0.15) is 11.5 Å². The molecule has 0 aliphatic carbocycles. The lowest BCUT2D eigenvalue weighted by molar-refractivity contribution is -0.125. The minimum absolute atomic E-state index is 0.251. The standard InChI is InChI=1S/C18H24N2O2/c1-18(2,3)17(21)11-14-6-8-16(9-7-14)22-10-4-5-15-12-19-13-20-15/h6-9,12-13H,4-5,10-11H2,1-3H3,(H,19,20). The first-order chi connectivity index (χ1) is 10.4. The zero-order valence-corrected chi connectivity index (χ0v) is 13.6. The van der Waals surface area contributed by atoms with Crippen molar-refractivity contribution >= 4 is 5.78 Å². The van der Waals surface area contributed by atoms with Crippen LogP contribution in [-0.4, -0.2) is 22.4 Å². The van der Waals surface area contributed by atoms with Crippen molar-refractivity contribution in [2.45, 2.75) is 40.0 Å². The molecule has 0 fully saturated rings. The van der Waals surface area contributed by atoms with Crippen LogP contribution in [0.5, 0.6) is 5.75 Å². The van der Waals surface area contributed by atoms with Crippen LogP contribution in [0.4, 0.5) is 0 Å². The molecule has 118 valence electrons. The Bertz CT molecular complexity index is 581. The van der Waals surface area contributed by atoms with Gasteiger partial charge in [0.2, 0.25) is 0 Å². The summed E-state index contributed by atoms with van der Waals surface area (Å²) < 4.78 is 5.71. The van der Waals surface area contributed by atoms with E-state index < -0.39 is 0 Å². The number of ether oxygens (including phenoxy) is 1. The van der Waals surface area contributed by atoms with E-state index >= 15 is 0 Å². The van der Waals surface area contributed by atoms with E-state index in [2.05, 4.69) is 9.97 Å². The lowest BCUT2D eigenvalue weighted by atomic mass is 9.87. The van der Waals surface area contributed by atoms with E-state index in [1.165, 1.54) is 0 Å². The summed E-state index contributed by atoms with van der Waals surface area (Å²) in [6.45, 7) is 6.52. The van der Waals surface area contributed by atoms with E-state index in [0.717, 1.165) is 29.8 Å². The van der Waals surface area contributed by atoms with Crippen molar-refractivity contribution < 1.29 is 9.53 Å². The van der Waals surface area contributed by atoms with E-state index in [9.17, 15) is 4.79 Å². The third-order valence-electron chi connectivity index (χ3n) is 3.54. The Morgan fingerprint density at radius 1 is 1.23 bits per heavy atom. The maximum atomic E-state index is 12.0. The van der Waals surface area contributed by atoms with Gasteiger partial charge in [-0.25, -0.2) is 4.98 Å². The molecular formula is C18H24N2O2. The molecule has 2 aromatic rings. The maximum absolute atomic E-state index is 12.0. The van der Waals surface area contributed by atoms with E-state index in [1.807, 2.05) is 51.2 Å². The van der Waals surface area contributed by atoms with Gasteiger partial charge in [0.15, 0.2) is 0 Å². The molecule has 1 aromatic heterocycles. The molecule has 1 N–H and O–H groups in total. The number of benzene rings is 1. The summed E-state index contributed by atoms with van der Waals surface area (Å²) in [4.78, 5) is 19.1. The average Bonchev–Trinajstić information content (AvgIpc) is 2.97. The van der Waals surface area contributed by atoms with Crippen LogP contribution in [0.2, 0.25) is 0 Å². The zero-order chi connectivity index (χ0) is 16.0. The van der Waals surface area contributed by atoms with E-state index in [4.69, 9.17) is 4.74 Å². The van der Waals surface area contributed by atoms with E-state index in [1.54, 1.807) is 6.33 Å². The minimum Gasteiger partial charge on any atom is -0.494 e. The predicted molar refractivity (Wildman–Crippen MR) is 87.0 cm³/mol. The van der Waals surface area contributed by atoms with Crippen molar-refractivity contribution in [3.05, 3.63) is 48.0 Å². The molecule has 0 amide bonds. The number of aromatic nitrogens is 2. The third kappa shape index (κ3) is 5.02. The molecular weight excluding hydrogens is 276 g/mol. The first kappa shape index (κ1) is 16.3. The van der Waals surface area contributed by atoms with E-state index in [0.29, 0.717) is 13.0 Å². The quantitative estimate of drug-likeness (QED) is 0.795. The highest BCUT2D eigenvalue weighted by molar-refractivity contribution is 5.85. The number of ketones is 1. The minimum atomic E-state index is -0.290. The van der Waals surface area contributed by atoms with Crippen LogP contribution in [-0.2, 0) is 17.6 Å². The summed E-state index contributed by atoms with van der Waals surface area (Å²) in [5.41, 5.74) is 1.87. The number of H-pyrrole nitrogens is 1. The van der Waals surface area contributed by atoms with Crippen LogP contribution in [0, 0.1) is 5.41 Å². The number of hydrogen-bond donors (Lipinski definition) is 1. The lowest BCUT2D eigenvalue weighted by Crippen LogP contribution is -2.21. The molecule has 0 aliphatic rings. The molecule has 0 unspecified atom stereocenters. The molecule has 4 heteroatoms. The highest BCUT2D eigenvalue weighted by Gasteiger charge is 2.20. The van der Waals surface area contributed by atoms with Gasteiger partial charge >= 0.3 is 0 Å². The maximum Gasteiger partial charge on any atom is 0.142 e. The Hall–Kier alpha value is -2.10.